The predicted molar refractivity (Wildman–Crippen MR) is 92.6 cm³/mol. The van der Waals surface area contributed by atoms with E-state index >= 15 is 0 Å². The quantitative estimate of drug-likeness (QED) is 0.918. The van der Waals surface area contributed by atoms with Crippen LogP contribution in [-0.4, -0.2) is 28.3 Å². The van der Waals surface area contributed by atoms with Crippen molar-refractivity contribution in [3.63, 3.8) is 0 Å². The van der Waals surface area contributed by atoms with E-state index in [4.69, 9.17) is 4.74 Å². The summed E-state index contributed by atoms with van der Waals surface area (Å²) in [5, 5.41) is 7.30. The van der Waals surface area contributed by atoms with E-state index in [2.05, 4.69) is 41.6 Å². The van der Waals surface area contributed by atoms with E-state index in [1.807, 2.05) is 19.4 Å². The monoisotopic (exact) mass is 327 g/mol. The third-order valence-electron chi connectivity index (χ3n) is 4.47. The van der Waals surface area contributed by atoms with Crippen molar-refractivity contribution in [2.45, 2.75) is 44.8 Å². The minimum atomic E-state index is -0.0540. The topological polar surface area (TPSA) is 56.1 Å². The number of nitrogens with zero attached hydrogens (tertiary/aromatic N) is 2. The first-order valence-corrected chi connectivity index (χ1v) is 8.57. The molecule has 2 aromatic rings. The van der Waals surface area contributed by atoms with Crippen LogP contribution in [0.15, 0.2) is 36.7 Å². The van der Waals surface area contributed by atoms with Crippen LogP contribution >= 0.6 is 0 Å². The van der Waals surface area contributed by atoms with Gasteiger partial charge in [0.05, 0.1) is 12.2 Å². The zero-order valence-corrected chi connectivity index (χ0v) is 14.4. The van der Waals surface area contributed by atoms with E-state index in [1.165, 1.54) is 5.56 Å². The van der Waals surface area contributed by atoms with Gasteiger partial charge in [0.15, 0.2) is 0 Å². The molecule has 1 aromatic carbocycles. The lowest BCUT2D eigenvalue weighted by Crippen LogP contribution is -2.42. The zero-order chi connectivity index (χ0) is 16.9. The van der Waals surface area contributed by atoms with Gasteiger partial charge in [0, 0.05) is 26.3 Å². The van der Waals surface area contributed by atoms with Gasteiger partial charge in [-0.1, -0.05) is 29.8 Å². The van der Waals surface area contributed by atoms with Gasteiger partial charge in [-0.15, -0.1) is 0 Å². The average molecular weight is 327 g/mol. The van der Waals surface area contributed by atoms with Gasteiger partial charge < -0.3 is 10.1 Å². The fourth-order valence-electron chi connectivity index (χ4n) is 3.15. The normalized spacial score (nSPS) is 20.8. The number of carbonyl (C=O) groups excluding carboxylic acids is 1. The smallest absolute Gasteiger partial charge is 0.220 e. The number of rotatable bonds is 5. The largest absolute Gasteiger partial charge is 0.371 e. The molecule has 3 rings (SSSR count). The molecule has 0 saturated carbocycles. The van der Waals surface area contributed by atoms with E-state index < -0.39 is 0 Å². The van der Waals surface area contributed by atoms with Crippen molar-refractivity contribution in [1.29, 1.82) is 0 Å². The molecule has 1 amide bonds. The first kappa shape index (κ1) is 16.7. The molecule has 0 bridgehead atoms. The van der Waals surface area contributed by atoms with Crippen molar-refractivity contribution < 1.29 is 9.53 Å². The van der Waals surface area contributed by atoms with Crippen molar-refractivity contribution >= 4 is 5.91 Å². The minimum absolute atomic E-state index is 0.0443. The van der Waals surface area contributed by atoms with Crippen molar-refractivity contribution in [3.8, 4) is 0 Å². The van der Waals surface area contributed by atoms with Gasteiger partial charge in [-0.05, 0) is 37.3 Å². The summed E-state index contributed by atoms with van der Waals surface area (Å²) in [4.78, 5) is 12.3. The van der Waals surface area contributed by atoms with Crippen LogP contribution < -0.4 is 5.32 Å². The van der Waals surface area contributed by atoms with Crippen molar-refractivity contribution in [1.82, 2.24) is 15.1 Å². The third kappa shape index (κ3) is 4.23. The lowest BCUT2D eigenvalue weighted by Gasteiger charge is -2.32. The molecule has 2 unspecified atom stereocenters. The molecule has 5 nitrogen and oxygen atoms in total. The first-order chi connectivity index (χ1) is 11.6. The summed E-state index contributed by atoms with van der Waals surface area (Å²) in [6.45, 7) is 2.82. The van der Waals surface area contributed by atoms with Crippen LogP contribution in [0, 0.1) is 6.92 Å². The predicted octanol–water partition coefficient (Wildman–Crippen LogP) is 2.70. The van der Waals surface area contributed by atoms with E-state index in [0.717, 1.165) is 30.6 Å². The van der Waals surface area contributed by atoms with Crippen molar-refractivity contribution in [2.24, 2.45) is 7.05 Å². The Bertz CT molecular complexity index is 678. The molecule has 24 heavy (non-hydrogen) atoms. The van der Waals surface area contributed by atoms with Crippen LogP contribution in [0.3, 0.4) is 0 Å². The Kier molecular flexibility index (Phi) is 5.30. The van der Waals surface area contributed by atoms with E-state index in [-0.39, 0.29) is 18.1 Å². The molecule has 2 atom stereocenters. The van der Waals surface area contributed by atoms with Crippen LogP contribution in [0.25, 0.3) is 0 Å². The van der Waals surface area contributed by atoms with Crippen molar-refractivity contribution in [2.75, 3.05) is 6.61 Å². The number of nitrogens with one attached hydrogen (secondary N) is 1. The molecule has 1 aliphatic rings. The van der Waals surface area contributed by atoms with E-state index in [1.54, 1.807) is 4.68 Å². The maximum atomic E-state index is 12.3. The summed E-state index contributed by atoms with van der Waals surface area (Å²) in [6.07, 6.45) is 6.83. The van der Waals surface area contributed by atoms with Crippen LogP contribution in [-0.2, 0) is 23.0 Å². The summed E-state index contributed by atoms with van der Waals surface area (Å²) >= 11 is 0. The van der Waals surface area contributed by atoms with Gasteiger partial charge in [0.2, 0.25) is 5.91 Å². The summed E-state index contributed by atoms with van der Waals surface area (Å²) in [5.74, 6) is 0.0754. The second-order valence-electron chi connectivity index (χ2n) is 6.54. The lowest BCUT2D eigenvalue weighted by atomic mass is 9.95. The van der Waals surface area contributed by atoms with Gasteiger partial charge in [-0.2, -0.15) is 5.10 Å². The number of carbonyl (C=O) groups is 1. The van der Waals surface area contributed by atoms with Crippen molar-refractivity contribution in [3.05, 3.63) is 53.3 Å². The molecule has 128 valence electrons. The number of ether oxygens (including phenoxy) is 1. The molecule has 5 heteroatoms. The first-order valence-electron chi connectivity index (χ1n) is 8.57. The standard InChI is InChI=1S/C19H25N3O2/c1-14-5-8-16(9-6-14)19-17(4-3-11-24-19)21-18(23)10-7-15-12-20-22(2)13-15/h5-6,8-9,12-13,17,19H,3-4,7,10-11H2,1-2H3,(H,21,23). The Morgan fingerprint density at radius 1 is 1.38 bits per heavy atom. The van der Waals surface area contributed by atoms with Crippen LogP contribution in [0.2, 0.25) is 0 Å². The number of benzene rings is 1. The van der Waals surface area contributed by atoms with Crippen LogP contribution in [0.5, 0.6) is 0 Å². The Morgan fingerprint density at radius 3 is 2.88 bits per heavy atom. The highest BCUT2D eigenvalue weighted by molar-refractivity contribution is 5.76. The number of aromatic nitrogens is 2. The molecule has 1 N–H and O–H groups in total. The van der Waals surface area contributed by atoms with Crippen LogP contribution in [0.4, 0.5) is 0 Å². The zero-order valence-electron chi connectivity index (χ0n) is 14.4. The lowest BCUT2D eigenvalue weighted by molar-refractivity contribution is -0.124. The molecule has 0 radical (unpaired) electrons. The molecular weight excluding hydrogens is 302 g/mol. The number of amides is 1. The second-order valence-corrected chi connectivity index (χ2v) is 6.54. The highest BCUT2D eigenvalue weighted by Gasteiger charge is 2.28. The van der Waals surface area contributed by atoms with Gasteiger partial charge in [0.1, 0.15) is 6.10 Å². The molecule has 2 heterocycles. The molecular formula is C19H25N3O2. The van der Waals surface area contributed by atoms with Gasteiger partial charge in [0.25, 0.3) is 0 Å². The Hall–Kier alpha value is -2.14. The summed E-state index contributed by atoms with van der Waals surface area (Å²) in [6, 6.07) is 8.42. The van der Waals surface area contributed by atoms with E-state index in [9.17, 15) is 4.79 Å². The SMILES string of the molecule is Cc1ccc(C2OCCCC2NC(=O)CCc2cnn(C)c2)cc1. The summed E-state index contributed by atoms with van der Waals surface area (Å²) in [7, 11) is 1.88. The third-order valence-corrected chi connectivity index (χ3v) is 4.47. The number of aryl methyl sites for hydroxylation is 3. The maximum Gasteiger partial charge on any atom is 0.220 e. The highest BCUT2D eigenvalue weighted by atomic mass is 16.5. The van der Waals surface area contributed by atoms with Gasteiger partial charge in [-0.25, -0.2) is 0 Å². The summed E-state index contributed by atoms with van der Waals surface area (Å²) in [5.41, 5.74) is 3.45. The Morgan fingerprint density at radius 2 is 2.17 bits per heavy atom. The maximum absolute atomic E-state index is 12.3. The molecule has 1 fully saturated rings. The average Bonchev–Trinajstić information content (AvgIpc) is 3.00. The molecule has 1 saturated heterocycles. The molecule has 1 aromatic heterocycles. The molecule has 0 spiro atoms. The minimum Gasteiger partial charge on any atom is -0.371 e. The Labute approximate surface area is 143 Å². The second kappa shape index (κ2) is 7.62. The summed E-state index contributed by atoms with van der Waals surface area (Å²) < 4.78 is 7.71. The molecule has 1 aliphatic heterocycles. The van der Waals surface area contributed by atoms with Crippen LogP contribution in [0.1, 0.15) is 42.1 Å². The fraction of sp³-hybridized carbons (Fsp3) is 0.474. The molecule has 0 aliphatic carbocycles. The van der Waals surface area contributed by atoms with Gasteiger partial charge in [-0.3, -0.25) is 9.48 Å². The van der Waals surface area contributed by atoms with E-state index in [0.29, 0.717) is 12.8 Å². The highest BCUT2D eigenvalue weighted by Crippen LogP contribution is 2.28. The number of hydrogen-bond donors (Lipinski definition) is 1. The van der Waals surface area contributed by atoms with Gasteiger partial charge >= 0.3 is 0 Å². The Balaban J connectivity index is 1.58. The number of hydrogen-bond acceptors (Lipinski definition) is 3. The fourth-order valence-corrected chi connectivity index (χ4v) is 3.15.